The number of aryl methyl sites for hydroxylation is 1. The second-order valence-corrected chi connectivity index (χ2v) is 4.62. The molecule has 0 aliphatic carbocycles. The lowest BCUT2D eigenvalue weighted by Gasteiger charge is -2.00. The van der Waals surface area contributed by atoms with E-state index in [0.717, 1.165) is 22.4 Å². The first-order chi connectivity index (χ1) is 10.2. The Balaban J connectivity index is 1.99. The normalized spacial score (nSPS) is 10.8. The number of benzene rings is 1. The fourth-order valence-electron chi connectivity index (χ4n) is 2.05. The summed E-state index contributed by atoms with van der Waals surface area (Å²) in [6.45, 7) is 2.14. The first-order valence-corrected chi connectivity index (χ1v) is 6.43. The number of hydrogen-bond acceptors (Lipinski definition) is 5. The standard InChI is InChI=1S/C15H13FN4O/c1-9-6-11(16)2-3-13(9)14-19-15(21-20-14)10-4-5-18-12(7-10)8-17/h2-7H,8,17H2,1H3. The van der Waals surface area contributed by atoms with Gasteiger partial charge in [-0.2, -0.15) is 4.98 Å². The molecule has 0 aliphatic heterocycles. The van der Waals surface area contributed by atoms with Crippen molar-refractivity contribution < 1.29 is 8.91 Å². The molecular formula is C15H13FN4O. The maximum absolute atomic E-state index is 13.1. The van der Waals surface area contributed by atoms with E-state index in [4.69, 9.17) is 10.3 Å². The summed E-state index contributed by atoms with van der Waals surface area (Å²) in [6, 6.07) is 8.02. The highest BCUT2D eigenvalue weighted by molar-refractivity contribution is 5.62. The number of nitrogens with two attached hydrogens (primary N) is 1. The molecule has 3 aromatic rings. The Kier molecular flexibility index (Phi) is 3.45. The van der Waals surface area contributed by atoms with Crippen LogP contribution < -0.4 is 5.73 Å². The fourth-order valence-corrected chi connectivity index (χ4v) is 2.05. The largest absolute Gasteiger partial charge is 0.334 e. The summed E-state index contributed by atoms with van der Waals surface area (Å²) in [6.07, 6.45) is 1.64. The number of rotatable bonds is 3. The van der Waals surface area contributed by atoms with Crippen molar-refractivity contribution in [1.29, 1.82) is 0 Å². The molecule has 0 saturated carbocycles. The second kappa shape index (κ2) is 5.41. The van der Waals surface area contributed by atoms with Crippen molar-refractivity contribution in [2.75, 3.05) is 0 Å². The molecule has 0 saturated heterocycles. The summed E-state index contributed by atoms with van der Waals surface area (Å²) in [4.78, 5) is 8.46. The van der Waals surface area contributed by atoms with Crippen LogP contribution in [0.5, 0.6) is 0 Å². The van der Waals surface area contributed by atoms with Crippen molar-refractivity contribution in [3.63, 3.8) is 0 Å². The van der Waals surface area contributed by atoms with Gasteiger partial charge in [0.05, 0.1) is 5.69 Å². The van der Waals surface area contributed by atoms with Gasteiger partial charge in [0.1, 0.15) is 5.82 Å². The lowest BCUT2D eigenvalue weighted by Crippen LogP contribution is -1.98. The minimum atomic E-state index is -0.290. The van der Waals surface area contributed by atoms with E-state index in [1.165, 1.54) is 12.1 Å². The first kappa shape index (κ1) is 13.4. The van der Waals surface area contributed by atoms with Gasteiger partial charge >= 0.3 is 0 Å². The number of hydrogen-bond donors (Lipinski definition) is 1. The predicted molar refractivity (Wildman–Crippen MR) is 75.6 cm³/mol. The number of nitrogens with zero attached hydrogens (tertiary/aromatic N) is 3. The lowest BCUT2D eigenvalue weighted by molar-refractivity contribution is 0.432. The van der Waals surface area contributed by atoms with Crippen LogP contribution in [-0.2, 0) is 6.54 Å². The number of pyridine rings is 1. The third-order valence-electron chi connectivity index (χ3n) is 3.13. The highest BCUT2D eigenvalue weighted by Gasteiger charge is 2.13. The Hall–Kier alpha value is -2.60. The molecule has 0 fully saturated rings. The van der Waals surface area contributed by atoms with Gasteiger partial charge in [-0.1, -0.05) is 5.16 Å². The van der Waals surface area contributed by atoms with Gasteiger partial charge in [-0.15, -0.1) is 0 Å². The van der Waals surface area contributed by atoms with E-state index < -0.39 is 0 Å². The maximum atomic E-state index is 13.1. The highest BCUT2D eigenvalue weighted by atomic mass is 19.1. The van der Waals surface area contributed by atoms with E-state index in [1.807, 2.05) is 0 Å². The van der Waals surface area contributed by atoms with Gasteiger partial charge in [-0.05, 0) is 42.8 Å². The molecule has 0 aliphatic rings. The van der Waals surface area contributed by atoms with E-state index in [-0.39, 0.29) is 5.82 Å². The van der Waals surface area contributed by atoms with Crippen LogP contribution in [0.3, 0.4) is 0 Å². The van der Waals surface area contributed by atoms with E-state index in [9.17, 15) is 4.39 Å². The third kappa shape index (κ3) is 2.66. The van der Waals surface area contributed by atoms with E-state index in [2.05, 4.69) is 15.1 Å². The minimum absolute atomic E-state index is 0.290. The van der Waals surface area contributed by atoms with Crippen LogP contribution in [-0.4, -0.2) is 15.1 Å². The van der Waals surface area contributed by atoms with Crippen molar-refractivity contribution in [3.05, 3.63) is 53.6 Å². The molecule has 0 unspecified atom stereocenters. The van der Waals surface area contributed by atoms with E-state index >= 15 is 0 Å². The van der Waals surface area contributed by atoms with E-state index in [0.29, 0.717) is 18.3 Å². The maximum Gasteiger partial charge on any atom is 0.258 e. The van der Waals surface area contributed by atoms with Crippen molar-refractivity contribution in [2.24, 2.45) is 5.73 Å². The topological polar surface area (TPSA) is 77.8 Å². The summed E-state index contributed by atoms with van der Waals surface area (Å²) in [7, 11) is 0. The summed E-state index contributed by atoms with van der Waals surface area (Å²) >= 11 is 0. The van der Waals surface area contributed by atoms with Gasteiger partial charge in [0.25, 0.3) is 5.89 Å². The molecule has 0 spiro atoms. The molecule has 5 nitrogen and oxygen atoms in total. The molecule has 6 heteroatoms. The monoisotopic (exact) mass is 284 g/mol. The molecule has 0 radical (unpaired) electrons. The number of halogens is 1. The Bertz CT molecular complexity index is 785. The SMILES string of the molecule is Cc1cc(F)ccc1-c1noc(-c2ccnc(CN)c2)n1. The Morgan fingerprint density at radius 1 is 1.24 bits per heavy atom. The minimum Gasteiger partial charge on any atom is -0.334 e. The van der Waals surface area contributed by atoms with Crippen molar-refractivity contribution in [1.82, 2.24) is 15.1 Å². The smallest absolute Gasteiger partial charge is 0.258 e. The molecular weight excluding hydrogens is 271 g/mol. The van der Waals surface area contributed by atoms with Gasteiger partial charge in [0.2, 0.25) is 5.82 Å². The van der Waals surface area contributed by atoms with Gasteiger partial charge in [0, 0.05) is 23.9 Å². The van der Waals surface area contributed by atoms with Crippen LogP contribution in [0.2, 0.25) is 0 Å². The molecule has 0 amide bonds. The van der Waals surface area contributed by atoms with Crippen LogP contribution in [0, 0.1) is 12.7 Å². The van der Waals surface area contributed by atoms with Crippen molar-refractivity contribution in [2.45, 2.75) is 13.5 Å². The Labute approximate surface area is 120 Å². The molecule has 0 atom stereocenters. The zero-order chi connectivity index (χ0) is 14.8. The Morgan fingerprint density at radius 2 is 2.10 bits per heavy atom. The van der Waals surface area contributed by atoms with Gasteiger partial charge < -0.3 is 10.3 Å². The molecule has 2 aromatic heterocycles. The lowest BCUT2D eigenvalue weighted by atomic mass is 10.1. The highest BCUT2D eigenvalue weighted by Crippen LogP contribution is 2.25. The van der Waals surface area contributed by atoms with Gasteiger partial charge in [-0.25, -0.2) is 4.39 Å². The van der Waals surface area contributed by atoms with Crippen LogP contribution in [0.1, 0.15) is 11.3 Å². The van der Waals surface area contributed by atoms with Crippen molar-refractivity contribution in [3.8, 4) is 22.8 Å². The predicted octanol–water partition coefficient (Wildman–Crippen LogP) is 2.70. The third-order valence-corrected chi connectivity index (χ3v) is 3.13. The Morgan fingerprint density at radius 3 is 2.86 bits per heavy atom. The summed E-state index contributed by atoms with van der Waals surface area (Å²) in [5, 5.41) is 3.95. The van der Waals surface area contributed by atoms with Crippen molar-refractivity contribution >= 4 is 0 Å². The summed E-state index contributed by atoms with van der Waals surface area (Å²) in [5.74, 6) is 0.515. The molecule has 0 bridgehead atoms. The fraction of sp³-hybridized carbons (Fsp3) is 0.133. The van der Waals surface area contributed by atoms with Crippen LogP contribution in [0.15, 0.2) is 41.1 Å². The van der Waals surface area contributed by atoms with Crippen LogP contribution in [0.4, 0.5) is 4.39 Å². The quantitative estimate of drug-likeness (QED) is 0.800. The average Bonchev–Trinajstić information content (AvgIpc) is 2.97. The van der Waals surface area contributed by atoms with Crippen LogP contribution >= 0.6 is 0 Å². The summed E-state index contributed by atoms with van der Waals surface area (Å²) < 4.78 is 18.4. The molecule has 2 N–H and O–H groups in total. The van der Waals surface area contributed by atoms with E-state index in [1.54, 1.807) is 31.3 Å². The van der Waals surface area contributed by atoms with Gasteiger partial charge in [0.15, 0.2) is 0 Å². The number of aromatic nitrogens is 3. The molecule has 2 heterocycles. The molecule has 3 rings (SSSR count). The van der Waals surface area contributed by atoms with Gasteiger partial charge in [-0.3, -0.25) is 4.98 Å². The molecule has 21 heavy (non-hydrogen) atoms. The van der Waals surface area contributed by atoms with Crippen LogP contribution in [0.25, 0.3) is 22.8 Å². The summed E-state index contributed by atoms with van der Waals surface area (Å²) in [5.41, 5.74) is 8.54. The average molecular weight is 284 g/mol. The zero-order valence-corrected chi connectivity index (χ0v) is 11.4. The zero-order valence-electron chi connectivity index (χ0n) is 11.4. The molecule has 106 valence electrons. The first-order valence-electron chi connectivity index (χ1n) is 6.43. The second-order valence-electron chi connectivity index (χ2n) is 4.62. The molecule has 1 aromatic carbocycles.